The molecule has 0 radical (unpaired) electrons. The van der Waals surface area contributed by atoms with Crippen LogP contribution in [0.3, 0.4) is 0 Å². The number of hydrogen-bond donors (Lipinski definition) is 0. The van der Waals surface area contributed by atoms with E-state index in [-0.39, 0.29) is 18.2 Å². The summed E-state index contributed by atoms with van der Waals surface area (Å²) in [7, 11) is 1.95. The first kappa shape index (κ1) is 24.1. The van der Waals surface area contributed by atoms with Gasteiger partial charge in [-0.15, -0.1) is 0 Å². The van der Waals surface area contributed by atoms with Crippen LogP contribution in [0.5, 0.6) is 5.75 Å². The van der Waals surface area contributed by atoms with Crippen LogP contribution in [0, 0.1) is 5.92 Å². The maximum atomic E-state index is 12.8. The molecule has 2 fully saturated rings. The average molecular weight is 515 g/mol. The van der Waals surface area contributed by atoms with Crippen molar-refractivity contribution in [3.63, 3.8) is 0 Å². The minimum absolute atomic E-state index is 0.145. The number of piperidine rings is 1. The monoisotopic (exact) mass is 513 g/mol. The number of amides is 2. The van der Waals surface area contributed by atoms with E-state index in [1.165, 1.54) is 28.4 Å². The van der Waals surface area contributed by atoms with E-state index in [0.29, 0.717) is 12.5 Å². The fraction of sp³-hybridized carbons (Fsp3) is 0.519. The Morgan fingerprint density at radius 1 is 1.09 bits per heavy atom. The molecule has 0 aliphatic carbocycles. The molecule has 6 heteroatoms. The number of nitrogens with zero attached hydrogens (tertiary/aromatic N) is 3. The largest absolute Gasteiger partial charge is 0.491 e. The van der Waals surface area contributed by atoms with E-state index in [9.17, 15) is 4.79 Å². The van der Waals surface area contributed by atoms with E-state index in [1.807, 2.05) is 41.1 Å². The first-order valence-electron chi connectivity index (χ1n) is 12.1. The van der Waals surface area contributed by atoms with Crippen LogP contribution in [0.2, 0.25) is 0 Å². The molecule has 0 N–H and O–H groups in total. The highest BCUT2D eigenvalue weighted by Gasteiger charge is 2.36. The van der Waals surface area contributed by atoms with Crippen molar-refractivity contribution in [2.45, 2.75) is 51.8 Å². The third-order valence-corrected chi connectivity index (χ3v) is 7.61. The third-order valence-electron chi connectivity index (χ3n) is 6.84. The zero-order chi connectivity index (χ0) is 23.4. The van der Waals surface area contributed by atoms with Gasteiger partial charge in [-0.25, -0.2) is 4.79 Å². The van der Waals surface area contributed by atoms with Gasteiger partial charge in [0, 0.05) is 31.2 Å². The zero-order valence-electron chi connectivity index (χ0n) is 20.0. The van der Waals surface area contributed by atoms with Crippen LogP contribution < -0.4 is 4.74 Å². The maximum Gasteiger partial charge on any atom is 0.320 e. The van der Waals surface area contributed by atoms with Crippen molar-refractivity contribution in [2.75, 3.05) is 33.2 Å². The molecule has 0 aromatic heterocycles. The van der Waals surface area contributed by atoms with Gasteiger partial charge in [-0.3, -0.25) is 0 Å². The van der Waals surface area contributed by atoms with Crippen molar-refractivity contribution in [1.29, 1.82) is 0 Å². The van der Waals surface area contributed by atoms with Crippen LogP contribution in [0.15, 0.2) is 53.0 Å². The summed E-state index contributed by atoms with van der Waals surface area (Å²) in [6, 6.07) is 17.0. The Hall–Kier alpha value is -2.05. The predicted octanol–water partition coefficient (Wildman–Crippen LogP) is 5.43. The molecule has 2 aromatic carbocycles. The lowest BCUT2D eigenvalue weighted by Gasteiger charge is -2.34. The standard InChI is InChI=1S/C27H36BrN3O2/c1-20(2)33-25-9-10-26(28)23(16-25)15-21-11-13-30(14-12-21)18-24-19-31(27(32)29(24)3)17-22-7-5-4-6-8-22/h4-10,16,20-21,24H,11-15,17-19H2,1-3H3. The zero-order valence-corrected chi connectivity index (χ0v) is 21.6. The quantitative estimate of drug-likeness (QED) is 0.472. The smallest absolute Gasteiger partial charge is 0.320 e. The molecule has 178 valence electrons. The Balaban J connectivity index is 1.27. The van der Waals surface area contributed by atoms with Gasteiger partial charge in [0.05, 0.1) is 12.1 Å². The fourth-order valence-electron chi connectivity index (χ4n) is 4.99. The summed E-state index contributed by atoms with van der Waals surface area (Å²) in [5, 5.41) is 0. The number of likely N-dealkylation sites (N-methyl/N-ethyl adjacent to an activating group) is 1. The summed E-state index contributed by atoms with van der Waals surface area (Å²) in [5.41, 5.74) is 2.53. The molecule has 2 aliphatic heterocycles. The lowest BCUT2D eigenvalue weighted by atomic mass is 9.90. The van der Waals surface area contributed by atoms with Crippen LogP contribution in [0.25, 0.3) is 0 Å². The van der Waals surface area contributed by atoms with Gasteiger partial charge in [-0.05, 0) is 81.4 Å². The molecule has 5 nitrogen and oxygen atoms in total. The summed E-state index contributed by atoms with van der Waals surface area (Å²) in [4.78, 5) is 19.2. The Morgan fingerprint density at radius 3 is 2.52 bits per heavy atom. The summed E-state index contributed by atoms with van der Waals surface area (Å²) < 4.78 is 7.06. The average Bonchev–Trinajstić information content (AvgIpc) is 3.05. The molecule has 2 amide bonds. The van der Waals surface area contributed by atoms with Gasteiger partial charge in [0.25, 0.3) is 0 Å². The maximum absolute atomic E-state index is 12.8. The molecule has 33 heavy (non-hydrogen) atoms. The molecule has 4 rings (SSSR count). The summed E-state index contributed by atoms with van der Waals surface area (Å²) in [5.74, 6) is 1.64. The third kappa shape index (κ3) is 6.30. The number of likely N-dealkylation sites (tertiary alicyclic amines) is 1. The minimum atomic E-state index is 0.145. The summed E-state index contributed by atoms with van der Waals surface area (Å²) in [6.07, 6.45) is 3.65. The molecule has 2 saturated heterocycles. The topological polar surface area (TPSA) is 36.0 Å². The molecule has 0 saturated carbocycles. The number of benzene rings is 2. The second-order valence-electron chi connectivity index (χ2n) is 9.78. The molecule has 0 spiro atoms. The summed E-state index contributed by atoms with van der Waals surface area (Å²) >= 11 is 3.73. The second-order valence-corrected chi connectivity index (χ2v) is 10.6. The number of hydrogen-bond acceptors (Lipinski definition) is 3. The van der Waals surface area contributed by atoms with Crippen LogP contribution in [0.1, 0.15) is 37.8 Å². The van der Waals surface area contributed by atoms with Gasteiger partial charge in [0.2, 0.25) is 0 Å². The SMILES string of the molecule is CC(C)Oc1ccc(Br)c(CC2CCN(CC3CN(Cc4ccccc4)C(=O)N3C)CC2)c1. The van der Waals surface area contributed by atoms with Crippen LogP contribution in [0.4, 0.5) is 4.79 Å². The normalized spacial score (nSPS) is 20.2. The molecule has 0 bridgehead atoms. The molecule has 2 aliphatic rings. The van der Waals surface area contributed by atoms with E-state index in [4.69, 9.17) is 4.74 Å². The van der Waals surface area contributed by atoms with E-state index >= 15 is 0 Å². The highest BCUT2D eigenvalue weighted by Crippen LogP contribution is 2.29. The fourth-order valence-corrected chi connectivity index (χ4v) is 5.39. The molecule has 2 heterocycles. The van der Waals surface area contributed by atoms with Gasteiger partial charge < -0.3 is 19.4 Å². The Kier molecular flexibility index (Phi) is 7.97. The number of rotatable bonds is 8. The molecular weight excluding hydrogens is 478 g/mol. The van der Waals surface area contributed by atoms with Crippen molar-refractivity contribution in [3.8, 4) is 5.75 Å². The van der Waals surface area contributed by atoms with Gasteiger partial charge in [-0.1, -0.05) is 46.3 Å². The van der Waals surface area contributed by atoms with Crippen molar-refractivity contribution in [3.05, 3.63) is 64.1 Å². The molecule has 1 atom stereocenters. The van der Waals surface area contributed by atoms with Gasteiger partial charge in [0.1, 0.15) is 5.75 Å². The first-order valence-corrected chi connectivity index (χ1v) is 12.9. The van der Waals surface area contributed by atoms with E-state index in [0.717, 1.165) is 38.3 Å². The van der Waals surface area contributed by atoms with Crippen molar-refractivity contribution in [1.82, 2.24) is 14.7 Å². The highest BCUT2D eigenvalue weighted by molar-refractivity contribution is 9.10. The van der Waals surface area contributed by atoms with Crippen molar-refractivity contribution in [2.24, 2.45) is 5.92 Å². The van der Waals surface area contributed by atoms with Gasteiger partial charge >= 0.3 is 6.03 Å². The molecule has 1 unspecified atom stereocenters. The Morgan fingerprint density at radius 2 is 1.82 bits per heavy atom. The van der Waals surface area contributed by atoms with E-state index in [2.05, 4.69) is 58.9 Å². The van der Waals surface area contributed by atoms with Crippen molar-refractivity contribution < 1.29 is 9.53 Å². The summed E-state index contributed by atoms with van der Waals surface area (Å²) in [6.45, 7) is 8.78. The van der Waals surface area contributed by atoms with Crippen LogP contribution >= 0.6 is 15.9 Å². The number of halogens is 1. The molecule has 2 aromatic rings. The lowest BCUT2D eigenvalue weighted by molar-refractivity contribution is 0.149. The van der Waals surface area contributed by atoms with Crippen LogP contribution in [-0.4, -0.2) is 66.1 Å². The number of carbonyl (C=O) groups is 1. The number of carbonyl (C=O) groups excluding carboxylic acids is 1. The Bertz CT molecular complexity index is 928. The molecular formula is C27H36BrN3O2. The minimum Gasteiger partial charge on any atom is -0.491 e. The van der Waals surface area contributed by atoms with E-state index < -0.39 is 0 Å². The van der Waals surface area contributed by atoms with E-state index in [1.54, 1.807) is 0 Å². The second kappa shape index (κ2) is 10.9. The number of urea groups is 1. The predicted molar refractivity (Wildman–Crippen MR) is 137 cm³/mol. The van der Waals surface area contributed by atoms with Crippen molar-refractivity contribution >= 4 is 22.0 Å². The van der Waals surface area contributed by atoms with Gasteiger partial charge in [-0.2, -0.15) is 0 Å². The Labute approximate surface area is 206 Å². The van der Waals surface area contributed by atoms with Gasteiger partial charge in [0.15, 0.2) is 0 Å². The lowest BCUT2D eigenvalue weighted by Crippen LogP contribution is -2.44. The first-order chi connectivity index (χ1) is 15.9. The number of ether oxygens (including phenoxy) is 1. The van der Waals surface area contributed by atoms with Crippen LogP contribution in [-0.2, 0) is 13.0 Å². The highest BCUT2D eigenvalue weighted by atomic mass is 79.9.